The molecule has 0 aliphatic rings. The summed E-state index contributed by atoms with van der Waals surface area (Å²) in [7, 11) is 0. The molecule has 1 rings (SSSR count). The molecular weight excluding hydrogens is 330 g/mol. The first-order valence-electron chi connectivity index (χ1n) is 5.67. The summed E-state index contributed by atoms with van der Waals surface area (Å²) >= 11 is 3.04. The first-order chi connectivity index (χ1) is 9.15. The van der Waals surface area contributed by atoms with Crippen molar-refractivity contribution in [2.24, 2.45) is 11.1 Å². The van der Waals surface area contributed by atoms with Gasteiger partial charge in [-0.05, 0) is 41.9 Å². The molecule has 7 nitrogen and oxygen atoms in total. The van der Waals surface area contributed by atoms with Gasteiger partial charge >= 0.3 is 0 Å². The number of amides is 2. The summed E-state index contributed by atoms with van der Waals surface area (Å²) in [5.74, 6) is -1.05. The van der Waals surface area contributed by atoms with Gasteiger partial charge in [0.25, 0.3) is 11.6 Å². The van der Waals surface area contributed by atoms with Crippen LogP contribution in [0.1, 0.15) is 24.2 Å². The van der Waals surface area contributed by atoms with Crippen LogP contribution in [0.25, 0.3) is 0 Å². The smallest absolute Gasteiger partial charge is 0.284 e. The van der Waals surface area contributed by atoms with Gasteiger partial charge in [0.05, 0.1) is 14.8 Å². The second kappa shape index (κ2) is 6.00. The third-order valence-corrected chi connectivity index (χ3v) is 3.43. The third-order valence-electron chi connectivity index (χ3n) is 2.76. The molecule has 0 aliphatic heterocycles. The van der Waals surface area contributed by atoms with Crippen molar-refractivity contribution < 1.29 is 14.5 Å². The fourth-order valence-corrected chi connectivity index (χ4v) is 1.68. The van der Waals surface area contributed by atoms with Crippen LogP contribution in [0.4, 0.5) is 5.69 Å². The van der Waals surface area contributed by atoms with E-state index >= 15 is 0 Å². The Morgan fingerprint density at radius 2 is 2.05 bits per heavy atom. The molecule has 0 saturated carbocycles. The van der Waals surface area contributed by atoms with Crippen LogP contribution in [0.5, 0.6) is 0 Å². The van der Waals surface area contributed by atoms with Crippen LogP contribution in [0.15, 0.2) is 22.7 Å². The van der Waals surface area contributed by atoms with Crippen molar-refractivity contribution in [2.75, 3.05) is 6.54 Å². The van der Waals surface area contributed by atoms with E-state index in [1.807, 2.05) is 0 Å². The average molecular weight is 344 g/mol. The number of nitro benzene ring substituents is 1. The Morgan fingerprint density at radius 1 is 1.45 bits per heavy atom. The van der Waals surface area contributed by atoms with Gasteiger partial charge in [-0.3, -0.25) is 19.7 Å². The number of nitrogens with one attached hydrogen (secondary N) is 1. The van der Waals surface area contributed by atoms with E-state index in [0.29, 0.717) is 0 Å². The summed E-state index contributed by atoms with van der Waals surface area (Å²) in [6.07, 6.45) is 0. The Labute approximate surface area is 123 Å². The Hall–Kier alpha value is -1.96. The number of nitrogens with zero attached hydrogens (tertiary/aromatic N) is 1. The maximum absolute atomic E-state index is 11.9. The lowest BCUT2D eigenvalue weighted by atomic mass is 9.92. The van der Waals surface area contributed by atoms with Crippen LogP contribution < -0.4 is 11.1 Å². The first kappa shape index (κ1) is 16.1. The Kier molecular flexibility index (Phi) is 4.83. The molecule has 0 aromatic heterocycles. The molecule has 0 heterocycles. The number of rotatable bonds is 5. The fourth-order valence-electron chi connectivity index (χ4n) is 1.28. The van der Waals surface area contributed by atoms with Gasteiger partial charge in [0.2, 0.25) is 5.91 Å². The standard InChI is InChI=1S/C12H14BrN3O4/c1-12(2,11(14)18)6-15-10(17)7-3-4-8(13)9(5-7)16(19)20/h3-5H,6H2,1-2H3,(H2,14,18)(H,15,17). The highest BCUT2D eigenvalue weighted by Gasteiger charge is 2.26. The SMILES string of the molecule is CC(C)(CNC(=O)c1ccc(Br)c([N+](=O)[O-])c1)C(N)=O. The van der Waals surface area contributed by atoms with Gasteiger partial charge in [0, 0.05) is 18.2 Å². The predicted octanol–water partition coefficient (Wildman–Crippen LogP) is 1.60. The number of halogens is 1. The number of nitrogens with two attached hydrogens (primary N) is 1. The molecule has 0 aliphatic carbocycles. The van der Waals surface area contributed by atoms with Gasteiger partial charge in [-0.15, -0.1) is 0 Å². The fraction of sp³-hybridized carbons (Fsp3) is 0.333. The van der Waals surface area contributed by atoms with E-state index < -0.39 is 22.2 Å². The third kappa shape index (κ3) is 3.77. The lowest BCUT2D eigenvalue weighted by molar-refractivity contribution is -0.385. The summed E-state index contributed by atoms with van der Waals surface area (Å²) in [5, 5.41) is 13.3. The van der Waals surface area contributed by atoms with Gasteiger partial charge in [-0.1, -0.05) is 0 Å². The van der Waals surface area contributed by atoms with Crippen LogP contribution in [-0.4, -0.2) is 23.3 Å². The van der Waals surface area contributed by atoms with Crippen molar-refractivity contribution in [2.45, 2.75) is 13.8 Å². The van der Waals surface area contributed by atoms with E-state index in [9.17, 15) is 19.7 Å². The van der Waals surface area contributed by atoms with E-state index in [1.54, 1.807) is 13.8 Å². The number of primary amides is 1. The Bertz CT molecular complexity index is 572. The molecule has 3 N–H and O–H groups in total. The number of carbonyl (C=O) groups is 2. The van der Waals surface area contributed by atoms with E-state index in [0.717, 1.165) is 6.07 Å². The summed E-state index contributed by atoms with van der Waals surface area (Å²) in [6, 6.07) is 4.03. The van der Waals surface area contributed by atoms with Crippen molar-refractivity contribution in [1.82, 2.24) is 5.32 Å². The summed E-state index contributed by atoms with van der Waals surface area (Å²) in [5.41, 5.74) is 4.24. The second-order valence-corrected chi connectivity index (χ2v) is 5.71. The largest absolute Gasteiger partial charge is 0.369 e. The number of hydrogen-bond acceptors (Lipinski definition) is 4. The summed E-state index contributed by atoms with van der Waals surface area (Å²) in [6.45, 7) is 3.24. The van der Waals surface area contributed by atoms with Gasteiger partial charge < -0.3 is 11.1 Å². The lowest BCUT2D eigenvalue weighted by Crippen LogP contribution is -2.42. The lowest BCUT2D eigenvalue weighted by Gasteiger charge is -2.20. The minimum Gasteiger partial charge on any atom is -0.369 e. The quantitative estimate of drug-likeness (QED) is 0.623. The van der Waals surface area contributed by atoms with Crippen LogP contribution in [0.3, 0.4) is 0 Å². The molecule has 8 heteroatoms. The summed E-state index contributed by atoms with van der Waals surface area (Å²) < 4.78 is 0.288. The molecule has 0 unspecified atom stereocenters. The molecule has 108 valence electrons. The molecule has 2 amide bonds. The van der Waals surface area contributed by atoms with Crippen molar-refractivity contribution in [3.05, 3.63) is 38.3 Å². The number of hydrogen-bond donors (Lipinski definition) is 2. The topological polar surface area (TPSA) is 115 Å². The normalized spacial score (nSPS) is 10.9. The molecule has 0 saturated heterocycles. The molecule has 0 radical (unpaired) electrons. The van der Waals surface area contributed by atoms with E-state index in [1.165, 1.54) is 12.1 Å². The van der Waals surface area contributed by atoms with Crippen molar-refractivity contribution in [3.63, 3.8) is 0 Å². The maximum Gasteiger partial charge on any atom is 0.284 e. The van der Waals surface area contributed by atoms with Gasteiger partial charge in [0.15, 0.2) is 0 Å². The van der Waals surface area contributed by atoms with E-state index in [-0.39, 0.29) is 22.3 Å². The molecule has 0 fully saturated rings. The molecule has 20 heavy (non-hydrogen) atoms. The highest BCUT2D eigenvalue weighted by Crippen LogP contribution is 2.25. The molecule has 0 bridgehead atoms. The number of benzene rings is 1. The molecule has 1 aromatic rings. The zero-order chi connectivity index (χ0) is 15.5. The minimum absolute atomic E-state index is 0.0467. The molecule has 0 spiro atoms. The van der Waals surface area contributed by atoms with Crippen molar-refractivity contribution >= 4 is 33.4 Å². The average Bonchev–Trinajstić information content (AvgIpc) is 2.36. The molecular formula is C12H14BrN3O4. The highest BCUT2D eigenvalue weighted by molar-refractivity contribution is 9.10. The Morgan fingerprint density at radius 3 is 2.55 bits per heavy atom. The number of nitro groups is 1. The zero-order valence-electron chi connectivity index (χ0n) is 11.0. The maximum atomic E-state index is 11.9. The summed E-state index contributed by atoms with van der Waals surface area (Å²) in [4.78, 5) is 33.2. The minimum atomic E-state index is -0.892. The van der Waals surface area contributed by atoms with Crippen LogP contribution in [0.2, 0.25) is 0 Å². The van der Waals surface area contributed by atoms with Crippen molar-refractivity contribution in [3.8, 4) is 0 Å². The van der Waals surface area contributed by atoms with Gasteiger partial charge in [-0.2, -0.15) is 0 Å². The van der Waals surface area contributed by atoms with Crippen LogP contribution >= 0.6 is 15.9 Å². The molecule has 0 atom stereocenters. The first-order valence-corrected chi connectivity index (χ1v) is 6.46. The second-order valence-electron chi connectivity index (χ2n) is 4.85. The van der Waals surface area contributed by atoms with Gasteiger partial charge in [0.1, 0.15) is 0 Å². The van der Waals surface area contributed by atoms with Crippen molar-refractivity contribution in [1.29, 1.82) is 0 Å². The van der Waals surface area contributed by atoms with E-state index in [2.05, 4.69) is 21.2 Å². The van der Waals surface area contributed by atoms with Gasteiger partial charge in [-0.25, -0.2) is 0 Å². The van der Waals surface area contributed by atoms with Crippen LogP contribution in [-0.2, 0) is 4.79 Å². The predicted molar refractivity (Wildman–Crippen MR) is 76.1 cm³/mol. The highest BCUT2D eigenvalue weighted by atomic mass is 79.9. The van der Waals surface area contributed by atoms with E-state index in [4.69, 9.17) is 5.73 Å². The van der Waals surface area contributed by atoms with Crippen LogP contribution in [0, 0.1) is 15.5 Å². The monoisotopic (exact) mass is 343 g/mol. The Balaban J connectivity index is 2.86. The zero-order valence-corrected chi connectivity index (χ0v) is 12.6. The number of carbonyl (C=O) groups excluding carboxylic acids is 2. The molecule has 1 aromatic carbocycles.